The molecule has 0 unspecified atom stereocenters. The number of carbonyl (C=O) groups excluding carboxylic acids is 2. The topological polar surface area (TPSA) is 72.2 Å². The number of carbonyl (C=O) groups is 2. The van der Waals surface area contributed by atoms with E-state index in [0.717, 1.165) is 0 Å². The van der Waals surface area contributed by atoms with Gasteiger partial charge in [0, 0.05) is 0 Å². The largest absolute Gasteiger partial charge is 0.368 e. The molecule has 0 bridgehead atoms. The first-order valence-corrected chi connectivity index (χ1v) is 6.21. The minimum absolute atomic E-state index is 0.0274. The molecule has 1 aromatic carbocycles. The summed E-state index contributed by atoms with van der Waals surface area (Å²) in [6, 6.07) is 5.12. The van der Waals surface area contributed by atoms with E-state index >= 15 is 0 Å². The van der Waals surface area contributed by atoms with Crippen LogP contribution in [0.25, 0.3) is 0 Å². The van der Waals surface area contributed by atoms with Gasteiger partial charge < -0.3 is 11.1 Å². The Labute approximate surface area is 112 Å². The van der Waals surface area contributed by atoms with Gasteiger partial charge in [0.25, 0.3) is 0 Å². The van der Waals surface area contributed by atoms with Crippen molar-refractivity contribution in [1.29, 1.82) is 0 Å². The second-order valence-corrected chi connectivity index (χ2v) is 4.96. The summed E-state index contributed by atoms with van der Waals surface area (Å²) >= 11 is 0. The lowest BCUT2D eigenvalue weighted by molar-refractivity contribution is -0.127. The summed E-state index contributed by atoms with van der Waals surface area (Å²) in [6.07, 6.45) is 0.518. The molecule has 1 aromatic rings. The second kappa shape index (κ2) is 6.87. The first-order chi connectivity index (χ1) is 8.88. The van der Waals surface area contributed by atoms with Crippen LogP contribution >= 0.6 is 0 Å². The van der Waals surface area contributed by atoms with Gasteiger partial charge in [-0.2, -0.15) is 0 Å². The summed E-state index contributed by atoms with van der Waals surface area (Å²) in [6.45, 7) is 3.88. The number of hydrogen-bond acceptors (Lipinski definition) is 2. The standard InChI is InChI=1S/C14H19FN2O2/c1-9(2)6-12(14(16)19)17-13(18)8-10-4-3-5-11(15)7-10/h3-5,7,9,12H,6,8H2,1-2H3,(H2,16,19)(H,17,18)/t12-/m1/s1. The quantitative estimate of drug-likeness (QED) is 0.816. The van der Waals surface area contributed by atoms with Crippen molar-refractivity contribution in [2.75, 3.05) is 0 Å². The van der Waals surface area contributed by atoms with E-state index in [1.54, 1.807) is 6.07 Å². The molecular formula is C14H19FN2O2. The molecular weight excluding hydrogens is 247 g/mol. The van der Waals surface area contributed by atoms with Gasteiger partial charge in [-0.05, 0) is 30.0 Å². The summed E-state index contributed by atoms with van der Waals surface area (Å²) in [5, 5.41) is 2.58. The van der Waals surface area contributed by atoms with E-state index in [4.69, 9.17) is 5.73 Å². The average molecular weight is 266 g/mol. The van der Waals surface area contributed by atoms with Crippen molar-refractivity contribution in [3.63, 3.8) is 0 Å². The summed E-state index contributed by atoms with van der Waals surface area (Å²) in [4.78, 5) is 23.0. The normalized spacial score (nSPS) is 12.2. The van der Waals surface area contributed by atoms with Crippen LogP contribution in [0.2, 0.25) is 0 Å². The number of rotatable bonds is 6. The van der Waals surface area contributed by atoms with Crippen molar-refractivity contribution in [2.24, 2.45) is 11.7 Å². The first-order valence-electron chi connectivity index (χ1n) is 6.21. The summed E-state index contributed by atoms with van der Waals surface area (Å²) < 4.78 is 13.0. The minimum atomic E-state index is -0.680. The highest BCUT2D eigenvalue weighted by Gasteiger charge is 2.19. The van der Waals surface area contributed by atoms with Crippen LogP contribution in [0.5, 0.6) is 0 Å². The molecule has 5 heteroatoms. The number of amides is 2. The van der Waals surface area contributed by atoms with Gasteiger partial charge in [-0.25, -0.2) is 4.39 Å². The lowest BCUT2D eigenvalue weighted by Gasteiger charge is -2.17. The number of halogens is 1. The highest BCUT2D eigenvalue weighted by Crippen LogP contribution is 2.07. The fourth-order valence-electron chi connectivity index (χ4n) is 1.80. The Morgan fingerprint density at radius 2 is 2.05 bits per heavy atom. The third-order valence-electron chi connectivity index (χ3n) is 2.64. The molecule has 0 heterocycles. The van der Waals surface area contributed by atoms with Gasteiger partial charge in [-0.15, -0.1) is 0 Å². The number of nitrogens with two attached hydrogens (primary N) is 1. The third-order valence-corrected chi connectivity index (χ3v) is 2.64. The number of nitrogens with one attached hydrogen (secondary N) is 1. The zero-order chi connectivity index (χ0) is 14.4. The molecule has 0 saturated carbocycles. The highest BCUT2D eigenvalue weighted by molar-refractivity contribution is 5.87. The molecule has 0 fully saturated rings. The molecule has 2 amide bonds. The summed E-state index contributed by atoms with van der Waals surface area (Å²) in [5.41, 5.74) is 5.80. The molecule has 4 nitrogen and oxygen atoms in total. The van der Waals surface area contributed by atoms with Crippen molar-refractivity contribution in [3.8, 4) is 0 Å². The Balaban J connectivity index is 2.60. The maximum atomic E-state index is 13.0. The lowest BCUT2D eigenvalue weighted by Crippen LogP contribution is -2.45. The van der Waals surface area contributed by atoms with Crippen LogP contribution in [0.3, 0.4) is 0 Å². The number of primary amides is 1. The van der Waals surface area contributed by atoms with Crippen molar-refractivity contribution >= 4 is 11.8 Å². The second-order valence-electron chi connectivity index (χ2n) is 4.96. The van der Waals surface area contributed by atoms with E-state index in [1.807, 2.05) is 13.8 Å². The SMILES string of the molecule is CC(C)C[C@@H](NC(=O)Cc1cccc(F)c1)C(N)=O. The molecule has 0 aliphatic rings. The molecule has 0 aliphatic heterocycles. The van der Waals surface area contributed by atoms with Crippen molar-refractivity contribution < 1.29 is 14.0 Å². The molecule has 1 atom stereocenters. The van der Waals surface area contributed by atoms with Crippen LogP contribution in [0, 0.1) is 11.7 Å². The van der Waals surface area contributed by atoms with Crippen LogP contribution in [-0.2, 0) is 16.0 Å². The molecule has 104 valence electrons. The van der Waals surface area contributed by atoms with Gasteiger partial charge in [0.1, 0.15) is 11.9 Å². The maximum absolute atomic E-state index is 13.0. The minimum Gasteiger partial charge on any atom is -0.368 e. The fraction of sp³-hybridized carbons (Fsp3) is 0.429. The van der Waals surface area contributed by atoms with E-state index in [0.29, 0.717) is 12.0 Å². The zero-order valence-corrected chi connectivity index (χ0v) is 11.2. The summed E-state index contributed by atoms with van der Waals surface area (Å²) in [5.74, 6) is -1.04. The van der Waals surface area contributed by atoms with E-state index in [1.165, 1.54) is 18.2 Å². The fourth-order valence-corrected chi connectivity index (χ4v) is 1.80. The monoisotopic (exact) mass is 266 g/mol. The lowest BCUT2D eigenvalue weighted by atomic mass is 10.0. The first kappa shape index (κ1) is 15.1. The average Bonchev–Trinajstić information content (AvgIpc) is 2.27. The van der Waals surface area contributed by atoms with Crippen molar-refractivity contribution in [3.05, 3.63) is 35.6 Å². The van der Waals surface area contributed by atoms with Crippen molar-refractivity contribution in [1.82, 2.24) is 5.32 Å². The van der Waals surface area contributed by atoms with Crippen LogP contribution < -0.4 is 11.1 Å². The van der Waals surface area contributed by atoms with Gasteiger partial charge in [0.2, 0.25) is 11.8 Å². The summed E-state index contributed by atoms with van der Waals surface area (Å²) in [7, 11) is 0. The Morgan fingerprint density at radius 3 is 2.58 bits per heavy atom. The molecule has 0 spiro atoms. The van der Waals surface area contributed by atoms with E-state index in [-0.39, 0.29) is 24.1 Å². The molecule has 0 radical (unpaired) electrons. The maximum Gasteiger partial charge on any atom is 0.240 e. The smallest absolute Gasteiger partial charge is 0.240 e. The molecule has 0 aliphatic carbocycles. The Morgan fingerprint density at radius 1 is 1.37 bits per heavy atom. The van der Waals surface area contributed by atoms with E-state index < -0.39 is 11.9 Å². The van der Waals surface area contributed by atoms with Crippen LogP contribution in [0.1, 0.15) is 25.8 Å². The van der Waals surface area contributed by atoms with E-state index in [9.17, 15) is 14.0 Å². The molecule has 19 heavy (non-hydrogen) atoms. The van der Waals surface area contributed by atoms with Gasteiger partial charge in [0.15, 0.2) is 0 Å². The zero-order valence-electron chi connectivity index (χ0n) is 11.2. The van der Waals surface area contributed by atoms with Gasteiger partial charge in [-0.1, -0.05) is 26.0 Å². The van der Waals surface area contributed by atoms with Gasteiger partial charge in [-0.3, -0.25) is 9.59 Å². The molecule has 0 saturated heterocycles. The highest BCUT2D eigenvalue weighted by atomic mass is 19.1. The predicted molar refractivity (Wildman–Crippen MR) is 70.7 cm³/mol. The van der Waals surface area contributed by atoms with Crippen LogP contribution in [-0.4, -0.2) is 17.9 Å². The predicted octanol–water partition coefficient (Wildman–Crippen LogP) is 1.38. The number of hydrogen-bond donors (Lipinski definition) is 2. The van der Waals surface area contributed by atoms with Gasteiger partial charge in [0.05, 0.1) is 6.42 Å². The molecule has 3 N–H and O–H groups in total. The Bertz CT molecular complexity index is 461. The molecule has 1 rings (SSSR count). The number of benzene rings is 1. The third kappa shape index (κ3) is 5.50. The van der Waals surface area contributed by atoms with E-state index in [2.05, 4.69) is 5.32 Å². The van der Waals surface area contributed by atoms with Crippen LogP contribution in [0.4, 0.5) is 4.39 Å². The molecule has 0 aromatic heterocycles. The van der Waals surface area contributed by atoms with Crippen molar-refractivity contribution in [2.45, 2.75) is 32.7 Å². The van der Waals surface area contributed by atoms with Crippen LogP contribution in [0.15, 0.2) is 24.3 Å². The Hall–Kier alpha value is -1.91. The Kier molecular flexibility index (Phi) is 5.48. The van der Waals surface area contributed by atoms with Gasteiger partial charge >= 0.3 is 0 Å².